The molecule has 3 aromatic rings. The minimum atomic E-state index is -0.565. The summed E-state index contributed by atoms with van der Waals surface area (Å²) in [6.07, 6.45) is 5.14. The van der Waals surface area contributed by atoms with Crippen LogP contribution in [0.3, 0.4) is 0 Å². The Kier molecular flexibility index (Phi) is 6.94. The number of aromatic nitrogens is 4. The summed E-state index contributed by atoms with van der Waals surface area (Å²) < 4.78 is 13.5. The Morgan fingerprint density at radius 2 is 1.98 bits per heavy atom. The third-order valence-electron chi connectivity index (χ3n) is 8.56. The van der Waals surface area contributed by atoms with Gasteiger partial charge in [-0.05, 0) is 77.3 Å². The van der Waals surface area contributed by atoms with Gasteiger partial charge in [-0.3, -0.25) is 0 Å². The summed E-state index contributed by atoms with van der Waals surface area (Å²) in [5, 5.41) is 18.2. The number of hydrogen-bond acceptors (Lipinski definition) is 8. The van der Waals surface area contributed by atoms with E-state index in [1.165, 1.54) is 11.1 Å². The van der Waals surface area contributed by atoms with E-state index in [2.05, 4.69) is 28.4 Å². The number of nitrogens with one attached hydrogen (secondary N) is 1. The van der Waals surface area contributed by atoms with Gasteiger partial charge >= 0.3 is 6.09 Å². The maximum absolute atomic E-state index is 12.9. The van der Waals surface area contributed by atoms with Crippen LogP contribution in [0.5, 0.6) is 0 Å². The van der Waals surface area contributed by atoms with Crippen LogP contribution in [0.1, 0.15) is 87.7 Å². The Morgan fingerprint density at radius 1 is 1.20 bits per heavy atom. The minimum absolute atomic E-state index is 0.123. The predicted molar refractivity (Wildman–Crippen MR) is 151 cm³/mol. The molecule has 2 aromatic heterocycles. The lowest BCUT2D eigenvalue weighted by Gasteiger charge is -2.44. The Morgan fingerprint density at radius 3 is 2.67 bits per heavy atom. The summed E-state index contributed by atoms with van der Waals surface area (Å²) in [4.78, 5) is 25.0. The molecular weight excluding hydrogens is 508 g/mol. The number of fused-ring (bicyclic) bond motifs is 2. The number of anilines is 1. The van der Waals surface area contributed by atoms with Gasteiger partial charge in [0, 0.05) is 25.1 Å². The topological polar surface area (TPSA) is 115 Å². The van der Waals surface area contributed by atoms with Gasteiger partial charge in [-0.25, -0.2) is 19.4 Å². The van der Waals surface area contributed by atoms with E-state index in [1.807, 2.05) is 38.4 Å². The van der Waals surface area contributed by atoms with Gasteiger partial charge < -0.3 is 24.8 Å². The number of ether oxygens (including phenoxy) is 2. The molecule has 10 nitrogen and oxygen atoms in total. The van der Waals surface area contributed by atoms with Crippen molar-refractivity contribution in [2.75, 3.05) is 24.6 Å². The van der Waals surface area contributed by atoms with E-state index < -0.39 is 5.60 Å². The Balaban J connectivity index is 1.28. The first kappa shape index (κ1) is 27.0. The van der Waals surface area contributed by atoms with Crippen LogP contribution in [-0.2, 0) is 22.5 Å². The van der Waals surface area contributed by atoms with Gasteiger partial charge in [-0.15, -0.1) is 0 Å². The maximum Gasteiger partial charge on any atom is 0.408 e. The van der Waals surface area contributed by atoms with Gasteiger partial charge in [0.25, 0.3) is 0 Å². The third-order valence-corrected chi connectivity index (χ3v) is 8.56. The van der Waals surface area contributed by atoms with Crippen molar-refractivity contribution in [3.8, 4) is 0 Å². The molecule has 2 fully saturated rings. The van der Waals surface area contributed by atoms with Crippen LogP contribution in [0, 0.1) is 12.3 Å². The highest BCUT2D eigenvalue weighted by molar-refractivity contribution is 5.76. The molecule has 10 heteroatoms. The van der Waals surface area contributed by atoms with Gasteiger partial charge in [-0.2, -0.15) is 5.10 Å². The lowest BCUT2D eigenvalue weighted by molar-refractivity contribution is -0.0371. The predicted octanol–water partition coefficient (Wildman–Crippen LogP) is 4.73. The number of amides is 1. The second-order valence-corrected chi connectivity index (χ2v) is 12.5. The molecule has 1 aliphatic carbocycles. The first-order valence-corrected chi connectivity index (χ1v) is 14.5. The standard InChI is InChI=1S/C30H40N6O4/c1-19-24-27(36(34-19)23-11-7-8-16-39-23)33-26(22(18-37)31-24)35-14-12-30(13-15-35)17-20-9-5-6-10-21(20)25(30)32-28(38)40-29(2,3)4/h5-6,9-10,23,25,37H,7-8,11-18H2,1-4H3,(H,32,38)/t23?,25-/m1/s1. The lowest BCUT2D eigenvalue weighted by Crippen LogP contribution is -2.48. The van der Waals surface area contributed by atoms with Gasteiger partial charge in [0.05, 0.1) is 18.3 Å². The maximum atomic E-state index is 12.9. The normalized spacial score (nSPS) is 22.5. The number of carbonyl (C=O) groups is 1. The van der Waals surface area contributed by atoms with Crippen molar-refractivity contribution in [2.45, 2.75) is 90.7 Å². The van der Waals surface area contributed by atoms with E-state index >= 15 is 0 Å². The van der Waals surface area contributed by atoms with Gasteiger partial charge in [0.15, 0.2) is 17.7 Å². The highest BCUT2D eigenvalue weighted by atomic mass is 16.6. The first-order valence-electron chi connectivity index (χ1n) is 14.5. The minimum Gasteiger partial charge on any atom is -0.444 e. The molecule has 1 spiro atoms. The van der Waals surface area contributed by atoms with E-state index in [4.69, 9.17) is 24.5 Å². The summed E-state index contributed by atoms with van der Waals surface area (Å²) in [5.74, 6) is 0.703. The van der Waals surface area contributed by atoms with Crippen molar-refractivity contribution in [1.82, 2.24) is 25.1 Å². The number of aliphatic hydroxyl groups is 1. The van der Waals surface area contributed by atoms with E-state index in [-0.39, 0.29) is 30.4 Å². The van der Waals surface area contributed by atoms with Crippen LogP contribution >= 0.6 is 0 Å². The highest BCUT2D eigenvalue weighted by Crippen LogP contribution is 2.52. The number of carbonyl (C=O) groups excluding carboxylic acids is 1. The fourth-order valence-corrected chi connectivity index (χ4v) is 6.66. The van der Waals surface area contributed by atoms with Crippen molar-refractivity contribution in [1.29, 1.82) is 0 Å². The summed E-state index contributed by atoms with van der Waals surface area (Å²) in [6, 6.07) is 8.27. The van der Waals surface area contributed by atoms with Crippen molar-refractivity contribution in [3.05, 3.63) is 46.8 Å². The van der Waals surface area contributed by atoms with Gasteiger partial charge in [-0.1, -0.05) is 24.3 Å². The molecular formula is C30H40N6O4. The number of hydrogen-bond donors (Lipinski definition) is 2. The molecule has 2 N–H and O–H groups in total. The van der Waals surface area contributed by atoms with Crippen LogP contribution in [0.25, 0.3) is 11.2 Å². The molecule has 2 atom stereocenters. The van der Waals surface area contributed by atoms with Crippen LogP contribution in [0.15, 0.2) is 24.3 Å². The summed E-state index contributed by atoms with van der Waals surface area (Å²) >= 11 is 0. The summed E-state index contributed by atoms with van der Waals surface area (Å²) in [7, 11) is 0. The fraction of sp³-hybridized carbons (Fsp3) is 0.600. The number of aryl methyl sites for hydroxylation is 1. The highest BCUT2D eigenvalue weighted by Gasteiger charge is 2.49. The van der Waals surface area contributed by atoms with Gasteiger partial charge in [0.2, 0.25) is 0 Å². The molecule has 214 valence electrons. The zero-order valence-electron chi connectivity index (χ0n) is 23.9. The molecule has 2 saturated heterocycles. The van der Waals surface area contributed by atoms with Crippen LogP contribution < -0.4 is 10.2 Å². The molecule has 6 rings (SSSR count). The van der Waals surface area contributed by atoms with E-state index in [0.29, 0.717) is 22.7 Å². The van der Waals surface area contributed by atoms with E-state index in [1.54, 1.807) is 0 Å². The van der Waals surface area contributed by atoms with Crippen LogP contribution in [0.2, 0.25) is 0 Å². The number of nitrogens with zero attached hydrogens (tertiary/aromatic N) is 5. The zero-order chi connectivity index (χ0) is 28.1. The van der Waals surface area contributed by atoms with Crippen molar-refractivity contribution in [3.63, 3.8) is 0 Å². The van der Waals surface area contributed by atoms with E-state index in [0.717, 1.165) is 63.9 Å². The molecule has 40 heavy (non-hydrogen) atoms. The van der Waals surface area contributed by atoms with Crippen LogP contribution in [-0.4, -0.2) is 56.2 Å². The molecule has 3 aliphatic rings. The quantitative estimate of drug-likeness (QED) is 0.481. The average molecular weight is 549 g/mol. The number of aliphatic hydroxyl groups excluding tert-OH is 1. The second-order valence-electron chi connectivity index (χ2n) is 12.5. The number of benzene rings is 1. The first-order chi connectivity index (χ1) is 19.2. The Bertz CT molecular complexity index is 1400. The SMILES string of the molecule is Cc1nn(C2CCCCO2)c2nc(N3CCC4(CC3)Cc3ccccc3[C@H]4NC(=O)OC(C)(C)C)c(CO)nc12. The number of alkyl carbamates (subject to hydrolysis) is 1. The number of piperidine rings is 1. The third kappa shape index (κ3) is 4.92. The molecule has 0 bridgehead atoms. The summed E-state index contributed by atoms with van der Waals surface area (Å²) in [5.41, 5.74) is 4.53. The largest absolute Gasteiger partial charge is 0.444 e. The van der Waals surface area contributed by atoms with Crippen LogP contribution in [0.4, 0.5) is 10.6 Å². The second kappa shape index (κ2) is 10.3. The monoisotopic (exact) mass is 548 g/mol. The Hall–Kier alpha value is -3.24. The lowest BCUT2D eigenvalue weighted by atomic mass is 9.72. The van der Waals surface area contributed by atoms with Crippen molar-refractivity contribution >= 4 is 23.1 Å². The molecule has 1 aromatic carbocycles. The number of rotatable bonds is 4. The average Bonchev–Trinajstić information content (AvgIpc) is 3.41. The molecule has 1 amide bonds. The van der Waals surface area contributed by atoms with E-state index in [9.17, 15) is 9.90 Å². The van der Waals surface area contributed by atoms with Crippen molar-refractivity contribution in [2.24, 2.45) is 5.41 Å². The molecule has 0 radical (unpaired) electrons. The molecule has 0 saturated carbocycles. The molecule has 2 aliphatic heterocycles. The van der Waals surface area contributed by atoms with Gasteiger partial charge in [0.1, 0.15) is 16.8 Å². The molecule has 1 unspecified atom stereocenters. The smallest absolute Gasteiger partial charge is 0.408 e. The zero-order valence-corrected chi connectivity index (χ0v) is 23.9. The summed E-state index contributed by atoms with van der Waals surface area (Å²) in [6.45, 7) is 9.57. The fourth-order valence-electron chi connectivity index (χ4n) is 6.66. The van der Waals surface area contributed by atoms with Crippen molar-refractivity contribution < 1.29 is 19.4 Å². The Labute approximate surface area is 235 Å². The molecule has 4 heterocycles.